The highest BCUT2D eigenvalue weighted by Gasteiger charge is 2.12. The topological polar surface area (TPSA) is 80.9 Å². The number of thioether (sulfide) groups is 1. The molecule has 0 unspecified atom stereocenters. The smallest absolute Gasteiger partial charge is 0.230 e. The lowest BCUT2D eigenvalue weighted by Crippen LogP contribution is -2.27. The van der Waals surface area contributed by atoms with Gasteiger partial charge in [0.2, 0.25) is 5.91 Å². The molecule has 5 nitrogen and oxygen atoms in total. The molecule has 3 N–H and O–H groups in total. The second-order valence-electron chi connectivity index (χ2n) is 4.62. The Kier molecular flexibility index (Phi) is 4.60. The van der Waals surface area contributed by atoms with E-state index in [1.54, 1.807) is 11.3 Å². The number of nitrogens with two attached hydrogens (primary N) is 1. The van der Waals surface area contributed by atoms with Crippen LogP contribution in [0.15, 0.2) is 34.1 Å². The summed E-state index contributed by atoms with van der Waals surface area (Å²) in [7, 11) is 0. The van der Waals surface area contributed by atoms with Crippen molar-refractivity contribution in [1.29, 1.82) is 0 Å². The summed E-state index contributed by atoms with van der Waals surface area (Å²) in [4.78, 5) is 22.6. The summed E-state index contributed by atoms with van der Waals surface area (Å²) in [5.74, 6) is 0.687. The monoisotopic (exact) mass is 350 g/mol. The average molecular weight is 350 g/mol. The van der Waals surface area contributed by atoms with E-state index >= 15 is 0 Å². The molecule has 0 aromatic carbocycles. The lowest BCUT2D eigenvalue weighted by atomic mass is 10.3. The summed E-state index contributed by atoms with van der Waals surface area (Å²) in [5, 5.41) is 8.30. The molecule has 0 saturated carbocycles. The zero-order chi connectivity index (χ0) is 15.5. The Bertz CT molecular complexity index is 785. The standard InChI is InChI=1S/C14H14N4OS3/c1-8(10-3-2-5-20-10)16-11(19)7-22-14-17-12(15)9-4-6-21-13(9)18-14/h2-6,8H,7H2,1H3,(H,16,19)(H2,15,17,18)/t8-/m1/s1. The second-order valence-corrected chi connectivity index (χ2v) is 7.44. The average Bonchev–Trinajstić information content (AvgIpc) is 3.16. The molecular weight excluding hydrogens is 336 g/mol. The van der Waals surface area contributed by atoms with Gasteiger partial charge in [0.1, 0.15) is 10.6 Å². The molecule has 3 aromatic rings. The minimum Gasteiger partial charge on any atom is -0.383 e. The third kappa shape index (κ3) is 3.40. The van der Waals surface area contributed by atoms with Crippen molar-refractivity contribution < 1.29 is 4.79 Å². The summed E-state index contributed by atoms with van der Waals surface area (Å²) >= 11 is 4.44. The third-order valence-corrected chi connectivity index (χ3v) is 5.72. The minimum absolute atomic E-state index is 0.0128. The first-order valence-corrected chi connectivity index (χ1v) is 9.34. The molecule has 1 atom stereocenters. The number of hydrogen-bond acceptors (Lipinski definition) is 7. The Morgan fingerprint density at radius 2 is 2.23 bits per heavy atom. The van der Waals surface area contributed by atoms with Crippen LogP contribution in [0.5, 0.6) is 0 Å². The lowest BCUT2D eigenvalue weighted by molar-refractivity contribution is -0.119. The molecule has 3 aromatic heterocycles. The van der Waals surface area contributed by atoms with E-state index in [2.05, 4.69) is 15.3 Å². The van der Waals surface area contributed by atoms with Crippen molar-refractivity contribution in [2.75, 3.05) is 11.5 Å². The van der Waals surface area contributed by atoms with Gasteiger partial charge in [-0.2, -0.15) is 0 Å². The van der Waals surface area contributed by atoms with Crippen LogP contribution in [0.25, 0.3) is 10.2 Å². The van der Waals surface area contributed by atoms with Gasteiger partial charge < -0.3 is 11.1 Å². The van der Waals surface area contributed by atoms with Gasteiger partial charge in [-0.25, -0.2) is 9.97 Å². The fraction of sp³-hybridized carbons (Fsp3) is 0.214. The number of nitrogens with zero attached hydrogens (tertiary/aromatic N) is 2. The lowest BCUT2D eigenvalue weighted by Gasteiger charge is -2.11. The van der Waals surface area contributed by atoms with Gasteiger partial charge in [0.25, 0.3) is 0 Å². The van der Waals surface area contributed by atoms with Crippen molar-refractivity contribution in [2.45, 2.75) is 18.1 Å². The molecule has 0 aliphatic rings. The molecular formula is C14H14N4OS3. The first-order chi connectivity index (χ1) is 10.6. The maximum absolute atomic E-state index is 12.0. The Morgan fingerprint density at radius 1 is 1.36 bits per heavy atom. The number of carbonyl (C=O) groups is 1. The number of rotatable bonds is 5. The van der Waals surface area contributed by atoms with Crippen LogP contribution in [0, 0.1) is 0 Å². The normalized spacial score (nSPS) is 12.4. The number of nitrogen functional groups attached to an aromatic ring is 1. The van der Waals surface area contributed by atoms with Gasteiger partial charge in [0, 0.05) is 4.88 Å². The van der Waals surface area contributed by atoms with Crippen molar-refractivity contribution in [1.82, 2.24) is 15.3 Å². The van der Waals surface area contributed by atoms with Crippen molar-refractivity contribution in [3.8, 4) is 0 Å². The second kappa shape index (κ2) is 6.64. The van der Waals surface area contributed by atoms with E-state index in [4.69, 9.17) is 5.73 Å². The van der Waals surface area contributed by atoms with Crippen LogP contribution in [0.2, 0.25) is 0 Å². The molecule has 0 aliphatic carbocycles. The highest BCUT2D eigenvalue weighted by molar-refractivity contribution is 7.99. The van der Waals surface area contributed by atoms with Crippen LogP contribution in [-0.2, 0) is 4.79 Å². The molecule has 0 bridgehead atoms. The van der Waals surface area contributed by atoms with Gasteiger partial charge in [0.05, 0.1) is 17.2 Å². The van der Waals surface area contributed by atoms with Crippen molar-refractivity contribution in [2.24, 2.45) is 0 Å². The number of nitrogens with one attached hydrogen (secondary N) is 1. The predicted octanol–water partition coefficient (Wildman–Crippen LogP) is 3.30. The van der Waals surface area contributed by atoms with E-state index in [1.165, 1.54) is 23.1 Å². The highest BCUT2D eigenvalue weighted by Crippen LogP contribution is 2.26. The summed E-state index contributed by atoms with van der Waals surface area (Å²) < 4.78 is 0. The first kappa shape index (κ1) is 15.3. The van der Waals surface area contributed by atoms with Gasteiger partial charge in [-0.05, 0) is 29.8 Å². The van der Waals surface area contributed by atoms with Crippen LogP contribution in [0.4, 0.5) is 5.82 Å². The van der Waals surface area contributed by atoms with E-state index in [-0.39, 0.29) is 17.7 Å². The van der Waals surface area contributed by atoms with Crippen LogP contribution in [-0.4, -0.2) is 21.6 Å². The van der Waals surface area contributed by atoms with Gasteiger partial charge in [0.15, 0.2) is 5.16 Å². The van der Waals surface area contributed by atoms with Gasteiger partial charge in [-0.15, -0.1) is 22.7 Å². The molecule has 0 spiro atoms. The molecule has 8 heteroatoms. The molecule has 114 valence electrons. The Hall–Kier alpha value is -1.64. The third-order valence-electron chi connectivity index (χ3n) is 3.01. The number of amides is 1. The van der Waals surface area contributed by atoms with Crippen molar-refractivity contribution in [3.05, 3.63) is 33.8 Å². The van der Waals surface area contributed by atoms with Crippen LogP contribution in [0.1, 0.15) is 17.8 Å². The Balaban J connectivity index is 1.60. The molecule has 3 heterocycles. The molecule has 0 radical (unpaired) electrons. The summed E-state index contributed by atoms with van der Waals surface area (Å²) in [6.07, 6.45) is 0. The summed E-state index contributed by atoms with van der Waals surface area (Å²) in [6, 6.07) is 5.90. The number of hydrogen-bond donors (Lipinski definition) is 2. The highest BCUT2D eigenvalue weighted by atomic mass is 32.2. The van der Waals surface area contributed by atoms with E-state index in [9.17, 15) is 4.79 Å². The van der Waals surface area contributed by atoms with Crippen molar-refractivity contribution in [3.63, 3.8) is 0 Å². The maximum atomic E-state index is 12.0. The molecule has 0 aliphatic heterocycles. The molecule has 22 heavy (non-hydrogen) atoms. The summed E-state index contributed by atoms with van der Waals surface area (Å²) in [5.41, 5.74) is 5.90. The summed E-state index contributed by atoms with van der Waals surface area (Å²) in [6.45, 7) is 1.97. The number of thiophene rings is 2. The molecule has 1 amide bonds. The van der Waals surface area contributed by atoms with Crippen LogP contribution < -0.4 is 11.1 Å². The van der Waals surface area contributed by atoms with Crippen LogP contribution >= 0.6 is 34.4 Å². The Morgan fingerprint density at radius 3 is 3.00 bits per heavy atom. The number of anilines is 1. The van der Waals surface area contributed by atoms with Gasteiger partial charge >= 0.3 is 0 Å². The fourth-order valence-electron chi connectivity index (χ4n) is 1.94. The number of fused-ring (bicyclic) bond motifs is 1. The maximum Gasteiger partial charge on any atom is 0.230 e. The SMILES string of the molecule is C[C@@H](NC(=O)CSc1nc(N)c2ccsc2n1)c1cccs1. The zero-order valence-corrected chi connectivity index (χ0v) is 14.2. The first-order valence-electron chi connectivity index (χ1n) is 6.60. The van der Waals surface area contributed by atoms with E-state index in [1.807, 2.05) is 35.9 Å². The predicted molar refractivity (Wildman–Crippen MR) is 93.4 cm³/mol. The number of aromatic nitrogens is 2. The van der Waals surface area contributed by atoms with E-state index < -0.39 is 0 Å². The minimum atomic E-state index is -0.0423. The Labute approximate surface area is 140 Å². The van der Waals surface area contributed by atoms with Crippen LogP contribution in [0.3, 0.4) is 0 Å². The fourth-order valence-corrected chi connectivity index (χ4v) is 4.17. The van der Waals surface area contributed by atoms with Gasteiger partial charge in [-0.1, -0.05) is 17.8 Å². The zero-order valence-electron chi connectivity index (χ0n) is 11.8. The molecule has 3 rings (SSSR count). The quantitative estimate of drug-likeness (QED) is 0.545. The number of carbonyl (C=O) groups excluding carboxylic acids is 1. The van der Waals surface area contributed by atoms with E-state index in [0.717, 1.165) is 15.1 Å². The van der Waals surface area contributed by atoms with Crippen molar-refractivity contribution >= 4 is 56.4 Å². The largest absolute Gasteiger partial charge is 0.383 e. The van der Waals surface area contributed by atoms with E-state index in [0.29, 0.717) is 11.0 Å². The van der Waals surface area contributed by atoms with Gasteiger partial charge in [-0.3, -0.25) is 4.79 Å². The molecule has 0 saturated heterocycles. The molecule has 0 fully saturated rings.